The summed E-state index contributed by atoms with van der Waals surface area (Å²) >= 11 is 1.26. The summed E-state index contributed by atoms with van der Waals surface area (Å²) in [5.74, 6) is -0.808. The lowest BCUT2D eigenvalue weighted by Crippen LogP contribution is -2.28. The third-order valence-corrected chi connectivity index (χ3v) is 3.72. The fraction of sp³-hybridized carbons (Fsp3) is 0.500. The lowest BCUT2D eigenvalue weighted by Gasteiger charge is -2.04. The zero-order valence-corrected chi connectivity index (χ0v) is 10.8. The molecular formula is C12H16N2O3S. The maximum atomic E-state index is 11.4. The first kappa shape index (κ1) is 13.0. The predicted molar refractivity (Wildman–Crippen MR) is 68.8 cm³/mol. The summed E-state index contributed by atoms with van der Waals surface area (Å²) in [5, 5.41) is 14.8. The molecule has 0 atom stereocenters. The van der Waals surface area contributed by atoms with Crippen LogP contribution in [-0.4, -0.2) is 29.6 Å². The molecule has 1 aromatic heterocycles. The lowest BCUT2D eigenvalue weighted by molar-refractivity contribution is -0.121. The van der Waals surface area contributed by atoms with E-state index in [1.165, 1.54) is 11.3 Å². The number of amides is 1. The Morgan fingerprint density at radius 1 is 1.39 bits per heavy atom. The number of rotatable bonds is 7. The van der Waals surface area contributed by atoms with Gasteiger partial charge in [0.2, 0.25) is 5.91 Å². The van der Waals surface area contributed by atoms with Crippen molar-refractivity contribution in [1.29, 1.82) is 0 Å². The van der Waals surface area contributed by atoms with Crippen LogP contribution in [0.4, 0.5) is 0 Å². The molecule has 0 aromatic carbocycles. The van der Waals surface area contributed by atoms with Crippen molar-refractivity contribution in [1.82, 2.24) is 10.6 Å². The van der Waals surface area contributed by atoms with Gasteiger partial charge in [-0.15, -0.1) is 11.3 Å². The van der Waals surface area contributed by atoms with Crippen LogP contribution < -0.4 is 10.6 Å². The molecular weight excluding hydrogens is 252 g/mol. The quantitative estimate of drug-likeness (QED) is 0.649. The highest BCUT2D eigenvalue weighted by Crippen LogP contribution is 2.18. The van der Waals surface area contributed by atoms with E-state index in [1.54, 1.807) is 12.1 Å². The Labute approximate surface area is 109 Å². The number of carboxylic acid groups (broad SMARTS) is 1. The van der Waals surface area contributed by atoms with Gasteiger partial charge in [-0.2, -0.15) is 0 Å². The number of hydrogen-bond acceptors (Lipinski definition) is 4. The third-order valence-electron chi connectivity index (χ3n) is 2.64. The van der Waals surface area contributed by atoms with Crippen molar-refractivity contribution in [2.45, 2.75) is 31.8 Å². The molecule has 0 unspecified atom stereocenters. The molecule has 98 valence electrons. The number of carbonyl (C=O) groups excluding carboxylic acids is 1. The minimum atomic E-state index is -0.893. The molecule has 6 heteroatoms. The van der Waals surface area contributed by atoms with E-state index in [0.29, 0.717) is 30.4 Å². The second-order valence-electron chi connectivity index (χ2n) is 4.34. The zero-order valence-electron chi connectivity index (χ0n) is 9.94. The zero-order chi connectivity index (χ0) is 13.0. The van der Waals surface area contributed by atoms with Crippen molar-refractivity contribution < 1.29 is 14.7 Å². The van der Waals surface area contributed by atoms with Gasteiger partial charge >= 0.3 is 5.97 Å². The first-order valence-corrected chi connectivity index (χ1v) is 6.79. The normalized spacial score (nSPS) is 14.4. The molecule has 1 aliphatic carbocycles. The maximum absolute atomic E-state index is 11.4. The second-order valence-corrected chi connectivity index (χ2v) is 5.51. The highest BCUT2D eigenvalue weighted by atomic mass is 32.1. The molecule has 1 aliphatic rings. The first-order valence-electron chi connectivity index (χ1n) is 5.97. The average Bonchev–Trinajstić information content (AvgIpc) is 2.99. The molecule has 18 heavy (non-hydrogen) atoms. The van der Waals surface area contributed by atoms with Crippen LogP contribution in [0.25, 0.3) is 0 Å². The minimum Gasteiger partial charge on any atom is -0.477 e. The summed E-state index contributed by atoms with van der Waals surface area (Å²) in [4.78, 5) is 23.4. The highest BCUT2D eigenvalue weighted by molar-refractivity contribution is 7.13. The molecule has 2 rings (SSSR count). The molecule has 1 fully saturated rings. The number of hydrogen-bond donors (Lipinski definition) is 3. The standard InChI is InChI=1S/C12H16N2O3S/c15-11(14-8-1-2-8)5-6-13-7-9-3-4-10(18-9)12(16)17/h3-4,8,13H,1-2,5-7H2,(H,14,15)(H,16,17). The number of nitrogens with one attached hydrogen (secondary N) is 2. The molecule has 1 amide bonds. The van der Waals surface area contributed by atoms with Crippen molar-refractivity contribution in [3.8, 4) is 0 Å². The van der Waals surface area contributed by atoms with Gasteiger partial charge in [-0.3, -0.25) is 4.79 Å². The van der Waals surface area contributed by atoms with E-state index in [9.17, 15) is 9.59 Å². The van der Waals surface area contributed by atoms with E-state index < -0.39 is 5.97 Å². The Hall–Kier alpha value is -1.40. The Balaban J connectivity index is 1.61. The molecule has 0 saturated heterocycles. The van der Waals surface area contributed by atoms with Gasteiger partial charge in [-0.25, -0.2) is 4.79 Å². The number of aromatic carboxylic acids is 1. The summed E-state index contributed by atoms with van der Waals surface area (Å²) < 4.78 is 0. The molecule has 0 spiro atoms. The van der Waals surface area contributed by atoms with Crippen molar-refractivity contribution >= 4 is 23.2 Å². The van der Waals surface area contributed by atoms with Crippen LogP contribution in [0, 0.1) is 0 Å². The first-order chi connectivity index (χ1) is 8.65. The summed E-state index contributed by atoms with van der Waals surface area (Å²) in [7, 11) is 0. The van der Waals surface area contributed by atoms with Crippen LogP contribution in [0.2, 0.25) is 0 Å². The third kappa shape index (κ3) is 4.12. The van der Waals surface area contributed by atoms with Gasteiger partial charge in [-0.05, 0) is 25.0 Å². The van der Waals surface area contributed by atoms with E-state index in [2.05, 4.69) is 10.6 Å². The molecule has 0 bridgehead atoms. The SMILES string of the molecule is O=C(CCNCc1ccc(C(=O)O)s1)NC1CC1. The molecule has 1 heterocycles. The van der Waals surface area contributed by atoms with Crippen LogP contribution in [0.5, 0.6) is 0 Å². The van der Waals surface area contributed by atoms with E-state index in [-0.39, 0.29) is 5.91 Å². The summed E-state index contributed by atoms with van der Waals surface area (Å²) in [5.41, 5.74) is 0. The van der Waals surface area contributed by atoms with Crippen molar-refractivity contribution in [2.24, 2.45) is 0 Å². The van der Waals surface area contributed by atoms with Crippen LogP contribution >= 0.6 is 11.3 Å². The van der Waals surface area contributed by atoms with Gasteiger partial charge in [0.1, 0.15) is 4.88 Å². The Bertz CT molecular complexity index is 440. The summed E-state index contributed by atoms with van der Waals surface area (Å²) in [6, 6.07) is 3.81. The van der Waals surface area contributed by atoms with Crippen LogP contribution in [0.15, 0.2) is 12.1 Å². The monoisotopic (exact) mass is 268 g/mol. The van der Waals surface area contributed by atoms with Gasteiger partial charge in [0.25, 0.3) is 0 Å². The molecule has 3 N–H and O–H groups in total. The van der Waals surface area contributed by atoms with Crippen LogP contribution in [0.3, 0.4) is 0 Å². The highest BCUT2D eigenvalue weighted by Gasteiger charge is 2.22. The fourth-order valence-electron chi connectivity index (χ4n) is 1.53. The lowest BCUT2D eigenvalue weighted by atomic mass is 10.3. The summed E-state index contributed by atoms with van der Waals surface area (Å²) in [6.07, 6.45) is 2.67. The van der Waals surface area contributed by atoms with Crippen molar-refractivity contribution in [3.05, 3.63) is 21.9 Å². The Morgan fingerprint density at radius 3 is 2.78 bits per heavy atom. The molecule has 1 saturated carbocycles. The maximum Gasteiger partial charge on any atom is 0.345 e. The molecule has 0 aliphatic heterocycles. The van der Waals surface area contributed by atoms with Crippen molar-refractivity contribution in [2.75, 3.05) is 6.54 Å². The Kier molecular flexibility index (Phi) is 4.33. The van der Waals surface area contributed by atoms with Gasteiger partial charge in [0, 0.05) is 30.4 Å². The van der Waals surface area contributed by atoms with Gasteiger partial charge in [0.15, 0.2) is 0 Å². The molecule has 1 aromatic rings. The summed E-state index contributed by atoms with van der Waals surface area (Å²) in [6.45, 7) is 1.22. The fourth-order valence-corrected chi connectivity index (χ4v) is 2.35. The van der Waals surface area contributed by atoms with Gasteiger partial charge in [-0.1, -0.05) is 0 Å². The van der Waals surface area contributed by atoms with E-state index in [1.807, 2.05) is 0 Å². The number of thiophene rings is 1. The van der Waals surface area contributed by atoms with Gasteiger partial charge in [0.05, 0.1) is 0 Å². The topological polar surface area (TPSA) is 78.4 Å². The molecule has 5 nitrogen and oxygen atoms in total. The van der Waals surface area contributed by atoms with E-state index >= 15 is 0 Å². The predicted octanol–water partition coefficient (Wildman–Crippen LogP) is 1.20. The largest absolute Gasteiger partial charge is 0.477 e. The number of carbonyl (C=O) groups is 2. The van der Waals surface area contributed by atoms with Crippen molar-refractivity contribution in [3.63, 3.8) is 0 Å². The van der Waals surface area contributed by atoms with Gasteiger partial charge < -0.3 is 15.7 Å². The number of carboxylic acids is 1. The van der Waals surface area contributed by atoms with Crippen LogP contribution in [0.1, 0.15) is 33.8 Å². The van der Waals surface area contributed by atoms with E-state index in [4.69, 9.17) is 5.11 Å². The minimum absolute atomic E-state index is 0.0856. The van der Waals surface area contributed by atoms with Crippen LogP contribution in [-0.2, 0) is 11.3 Å². The smallest absolute Gasteiger partial charge is 0.345 e. The molecule has 0 radical (unpaired) electrons. The second kappa shape index (κ2) is 5.97. The average molecular weight is 268 g/mol. The van der Waals surface area contributed by atoms with E-state index in [0.717, 1.165) is 17.7 Å². The Morgan fingerprint density at radius 2 is 2.17 bits per heavy atom.